The molecule has 0 spiro atoms. The average molecular weight is 161 g/mol. The summed E-state index contributed by atoms with van der Waals surface area (Å²) in [5.74, 6) is 0.0867. The molecule has 0 fully saturated rings. The molecule has 0 saturated heterocycles. The van der Waals surface area contributed by atoms with E-state index >= 15 is 0 Å². The van der Waals surface area contributed by atoms with E-state index in [1.165, 1.54) is 0 Å². The van der Waals surface area contributed by atoms with Crippen LogP contribution in [0.15, 0.2) is 0 Å². The smallest absolute Gasteiger partial charge is 0.275 e. The van der Waals surface area contributed by atoms with Crippen molar-refractivity contribution >= 4 is 5.91 Å². The van der Waals surface area contributed by atoms with Crippen molar-refractivity contribution < 1.29 is 14.8 Å². The summed E-state index contributed by atoms with van der Waals surface area (Å²) in [4.78, 5) is 10.8. The molecular formula is C7H17N2O2+. The topological polar surface area (TPSA) is 54.9 Å². The number of nitrogens with two attached hydrogens (primary N) is 1. The Morgan fingerprint density at radius 2 is 2.36 bits per heavy atom. The van der Waals surface area contributed by atoms with Crippen molar-refractivity contribution in [1.29, 1.82) is 0 Å². The molecule has 4 nitrogen and oxygen atoms in total. The first kappa shape index (κ1) is 10.4. The Morgan fingerprint density at radius 1 is 1.64 bits per heavy atom. The van der Waals surface area contributed by atoms with E-state index in [1.54, 1.807) is 7.11 Å². The summed E-state index contributed by atoms with van der Waals surface area (Å²) in [6, 6.07) is 0. The van der Waals surface area contributed by atoms with Gasteiger partial charge in [-0.3, -0.25) is 4.79 Å². The molecule has 0 radical (unpaired) electrons. The molecule has 0 saturated carbocycles. The number of ether oxygens (including phenoxy) is 1. The monoisotopic (exact) mass is 161 g/mol. The number of quaternary nitrogens is 1. The maximum absolute atomic E-state index is 10.8. The first-order chi connectivity index (χ1) is 5.31. The summed E-state index contributed by atoms with van der Waals surface area (Å²) in [6.45, 7) is 1.92. The quantitative estimate of drug-likeness (QED) is 0.458. The molecule has 0 bridgehead atoms. The summed E-state index contributed by atoms with van der Waals surface area (Å²) < 4.78 is 4.82. The second-order valence-corrected chi connectivity index (χ2v) is 2.31. The third-order valence-corrected chi connectivity index (χ3v) is 1.24. The van der Waals surface area contributed by atoms with Gasteiger partial charge in [-0.25, -0.2) is 0 Å². The summed E-state index contributed by atoms with van der Waals surface area (Å²) >= 11 is 0. The van der Waals surface area contributed by atoms with Crippen molar-refractivity contribution in [3.63, 3.8) is 0 Å². The van der Waals surface area contributed by atoms with Gasteiger partial charge in [0.05, 0.1) is 7.05 Å². The molecule has 0 aliphatic rings. The van der Waals surface area contributed by atoms with Crippen LogP contribution in [0.2, 0.25) is 0 Å². The minimum absolute atomic E-state index is 0.0867. The Hall–Kier alpha value is -0.610. The number of carbonyl (C=O) groups is 1. The van der Waals surface area contributed by atoms with Gasteiger partial charge in [0.25, 0.3) is 5.91 Å². The Morgan fingerprint density at radius 3 is 2.91 bits per heavy atom. The second kappa shape index (κ2) is 7.50. The van der Waals surface area contributed by atoms with Crippen LogP contribution in [0.25, 0.3) is 0 Å². The van der Waals surface area contributed by atoms with E-state index in [0.717, 1.165) is 6.42 Å². The van der Waals surface area contributed by atoms with Crippen LogP contribution in [0.3, 0.4) is 0 Å². The van der Waals surface area contributed by atoms with Crippen molar-refractivity contribution in [3.8, 4) is 0 Å². The first-order valence-electron chi connectivity index (χ1n) is 3.84. The Bertz CT molecular complexity index is 107. The minimum Gasteiger partial charge on any atom is -0.385 e. The zero-order valence-corrected chi connectivity index (χ0v) is 7.22. The van der Waals surface area contributed by atoms with Crippen molar-refractivity contribution in [3.05, 3.63) is 0 Å². The summed E-state index contributed by atoms with van der Waals surface area (Å²) in [6.07, 6.45) is 0.881. The number of rotatable bonds is 6. The Labute approximate surface area is 67.3 Å². The highest BCUT2D eigenvalue weighted by Gasteiger charge is 1.98. The molecule has 4 heteroatoms. The van der Waals surface area contributed by atoms with E-state index in [9.17, 15) is 4.79 Å². The molecule has 0 aliphatic carbocycles. The minimum atomic E-state index is 0.0867. The molecule has 0 aliphatic heterocycles. The van der Waals surface area contributed by atoms with Crippen LogP contribution in [-0.4, -0.2) is 39.8 Å². The third kappa shape index (κ3) is 7.29. The molecule has 66 valence electrons. The summed E-state index contributed by atoms with van der Waals surface area (Å²) in [7, 11) is 3.52. The summed E-state index contributed by atoms with van der Waals surface area (Å²) in [5, 5.41) is 4.61. The maximum Gasteiger partial charge on any atom is 0.275 e. The largest absolute Gasteiger partial charge is 0.385 e. The van der Waals surface area contributed by atoms with Crippen LogP contribution in [0.1, 0.15) is 6.42 Å². The van der Waals surface area contributed by atoms with Crippen molar-refractivity contribution in [1.82, 2.24) is 5.32 Å². The predicted octanol–water partition coefficient (Wildman–Crippen LogP) is -1.67. The van der Waals surface area contributed by atoms with E-state index < -0.39 is 0 Å². The van der Waals surface area contributed by atoms with Gasteiger partial charge in [-0.1, -0.05) is 0 Å². The SMILES string of the molecule is C[NH2+]CC(=O)NCCCOC. The van der Waals surface area contributed by atoms with Crippen LogP contribution in [-0.2, 0) is 9.53 Å². The van der Waals surface area contributed by atoms with E-state index in [1.807, 2.05) is 12.4 Å². The van der Waals surface area contributed by atoms with Gasteiger partial charge in [0, 0.05) is 20.3 Å². The highest BCUT2D eigenvalue weighted by atomic mass is 16.5. The van der Waals surface area contributed by atoms with Gasteiger partial charge >= 0.3 is 0 Å². The van der Waals surface area contributed by atoms with Crippen LogP contribution >= 0.6 is 0 Å². The molecule has 0 unspecified atom stereocenters. The number of nitrogens with one attached hydrogen (secondary N) is 1. The lowest BCUT2D eigenvalue weighted by Crippen LogP contribution is -2.82. The van der Waals surface area contributed by atoms with Crippen molar-refractivity contribution in [2.75, 3.05) is 33.9 Å². The van der Waals surface area contributed by atoms with E-state index in [0.29, 0.717) is 19.7 Å². The van der Waals surface area contributed by atoms with E-state index in [-0.39, 0.29) is 5.91 Å². The fourth-order valence-corrected chi connectivity index (χ4v) is 0.702. The average Bonchev–Trinajstić information content (AvgIpc) is 1.99. The number of hydrogen-bond acceptors (Lipinski definition) is 2. The Kier molecular flexibility index (Phi) is 7.08. The highest BCUT2D eigenvalue weighted by molar-refractivity contribution is 5.76. The highest BCUT2D eigenvalue weighted by Crippen LogP contribution is 1.75. The number of hydrogen-bond donors (Lipinski definition) is 2. The van der Waals surface area contributed by atoms with Crippen LogP contribution in [0.5, 0.6) is 0 Å². The number of amides is 1. The molecule has 0 heterocycles. The lowest BCUT2D eigenvalue weighted by Gasteiger charge is -2.01. The maximum atomic E-state index is 10.8. The summed E-state index contributed by atoms with van der Waals surface area (Å²) in [5.41, 5.74) is 0. The third-order valence-electron chi connectivity index (χ3n) is 1.24. The van der Waals surface area contributed by atoms with E-state index in [2.05, 4.69) is 5.32 Å². The molecule has 1 amide bonds. The molecule has 0 aromatic heterocycles. The zero-order valence-electron chi connectivity index (χ0n) is 7.22. The molecular weight excluding hydrogens is 144 g/mol. The van der Waals surface area contributed by atoms with Gasteiger partial charge in [-0.15, -0.1) is 0 Å². The number of carbonyl (C=O) groups excluding carboxylic acids is 1. The van der Waals surface area contributed by atoms with Crippen LogP contribution < -0.4 is 10.6 Å². The van der Waals surface area contributed by atoms with Crippen molar-refractivity contribution in [2.24, 2.45) is 0 Å². The van der Waals surface area contributed by atoms with Crippen molar-refractivity contribution in [2.45, 2.75) is 6.42 Å². The normalized spacial score (nSPS) is 9.64. The number of methoxy groups -OCH3 is 1. The zero-order chi connectivity index (χ0) is 8.53. The van der Waals surface area contributed by atoms with Crippen LogP contribution in [0.4, 0.5) is 0 Å². The van der Waals surface area contributed by atoms with Gasteiger partial charge in [0.1, 0.15) is 0 Å². The fraction of sp³-hybridized carbons (Fsp3) is 0.857. The van der Waals surface area contributed by atoms with Gasteiger partial charge in [0.2, 0.25) is 0 Å². The van der Waals surface area contributed by atoms with Gasteiger partial charge in [0.15, 0.2) is 6.54 Å². The molecule has 3 N–H and O–H groups in total. The van der Waals surface area contributed by atoms with Gasteiger partial charge < -0.3 is 15.4 Å². The van der Waals surface area contributed by atoms with Gasteiger partial charge in [-0.2, -0.15) is 0 Å². The molecule has 0 atom stereocenters. The lowest BCUT2D eigenvalue weighted by molar-refractivity contribution is -0.615. The predicted molar refractivity (Wildman–Crippen MR) is 42.2 cm³/mol. The van der Waals surface area contributed by atoms with Crippen LogP contribution in [0, 0.1) is 0 Å². The second-order valence-electron chi connectivity index (χ2n) is 2.31. The molecule has 0 rings (SSSR count). The van der Waals surface area contributed by atoms with E-state index in [4.69, 9.17) is 4.74 Å². The molecule has 11 heavy (non-hydrogen) atoms. The van der Waals surface area contributed by atoms with Gasteiger partial charge in [-0.05, 0) is 6.42 Å². The number of likely N-dealkylation sites (N-methyl/N-ethyl adjacent to an activating group) is 1. The lowest BCUT2D eigenvalue weighted by atomic mass is 10.4. The first-order valence-corrected chi connectivity index (χ1v) is 3.84. The fourth-order valence-electron chi connectivity index (χ4n) is 0.702. The molecule has 0 aromatic carbocycles. The Balaban J connectivity index is 3.04. The molecule has 0 aromatic rings. The standard InChI is InChI=1S/C7H16N2O2/c1-8-6-7(10)9-4-3-5-11-2/h8H,3-6H2,1-2H3,(H,9,10)/p+1.